The van der Waals surface area contributed by atoms with Crippen LogP contribution in [0.15, 0.2) is 64.8 Å². The smallest absolute Gasteiger partial charge is 0.336 e. The van der Waals surface area contributed by atoms with Crippen molar-refractivity contribution in [2.45, 2.75) is 52.6 Å². The van der Waals surface area contributed by atoms with Gasteiger partial charge in [-0.05, 0) is 56.9 Å². The fraction of sp³-hybridized carbons (Fsp3) is 0.452. The number of hydrogen-bond acceptors (Lipinski definition) is 10. The first-order valence-electron chi connectivity index (χ1n) is 13.8. The molecule has 0 saturated carbocycles. The van der Waals surface area contributed by atoms with Gasteiger partial charge in [-0.3, -0.25) is 19.9 Å². The third-order valence-corrected chi connectivity index (χ3v) is 6.76. The highest BCUT2D eigenvalue weighted by molar-refractivity contribution is 6.07. The largest absolute Gasteiger partial charge is 0.490 e. The zero-order chi connectivity index (χ0) is 30.6. The van der Waals surface area contributed by atoms with Gasteiger partial charge in [0.1, 0.15) is 31.7 Å². The minimum atomic E-state index is -0.949. The van der Waals surface area contributed by atoms with Gasteiger partial charge in [-0.15, -0.1) is 0 Å². The Labute approximate surface area is 245 Å². The maximum absolute atomic E-state index is 13.3. The van der Waals surface area contributed by atoms with Gasteiger partial charge in [-0.2, -0.15) is 0 Å². The number of allylic oxidation sites excluding steroid dienone is 1. The number of rotatable bonds is 15. The van der Waals surface area contributed by atoms with Crippen LogP contribution in [0.3, 0.4) is 0 Å². The normalized spacial score (nSPS) is 17.3. The zero-order valence-corrected chi connectivity index (χ0v) is 24.7. The molecule has 3 rings (SSSR count). The Bertz CT molecular complexity index is 1300. The van der Waals surface area contributed by atoms with Crippen molar-refractivity contribution in [2.75, 3.05) is 33.7 Å². The lowest BCUT2D eigenvalue weighted by Crippen LogP contribution is -2.36. The standard InChI is InChI=1S/C31H38N2O9/c1-6-14-39-19-42-20(2)17-23-10-12-26(13-11-23)40-15-16-41-31(35)28-22(4)32-21(3)27(30(34)38-5)29(28)24-8-7-9-25(18-24)33(36)37/h7-13,18,20,27,29H,6,14-17,19H2,1-5H3/t20-,27?,29?/m0/s1. The van der Waals surface area contributed by atoms with Gasteiger partial charge in [0.2, 0.25) is 0 Å². The molecule has 42 heavy (non-hydrogen) atoms. The molecule has 0 spiro atoms. The lowest BCUT2D eigenvalue weighted by atomic mass is 9.75. The van der Waals surface area contributed by atoms with Gasteiger partial charge < -0.3 is 23.7 Å². The number of methoxy groups -OCH3 is 1. The summed E-state index contributed by atoms with van der Waals surface area (Å²) < 4.78 is 27.3. The molecule has 0 radical (unpaired) electrons. The van der Waals surface area contributed by atoms with Crippen molar-refractivity contribution in [3.05, 3.63) is 81.0 Å². The predicted octanol–water partition coefficient (Wildman–Crippen LogP) is 5.17. The van der Waals surface area contributed by atoms with Gasteiger partial charge in [-0.1, -0.05) is 31.2 Å². The fourth-order valence-electron chi connectivity index (χ4n) is 4.78. The number of carbonyl (C=O) groups excluding carboxylic acids is 2. The first kappa shape index (κ1) is 32.4. The van der Waals surface area contributed by atoms with Crippen molar-refractivity contribution in [2.24, 2.45) is 10.9 Å². The molecule has 3 atom stereocenters. The summed E-state index contributed by atoms with van der Waals surface area (Å²) in [6, 6.07) is 13.4. The topological polar surface area (TPSA) is 136 Å². The number of non-ortho nitro benzene ring substituents is 1. The van der Waals surface area contributed by atoms with E-state index in [-0.39, 0.29) is 37.4 Å². The van der Waals surface area contributed by atoms with Gasteiger partial charge in [0.05, 0.1) is 23.7 Å². The van der Waals surface area contributed by atoms with E-state index in [1.54, 1.807) is 19.9 Å². The summed E-state index contributed by atoms with van der Waals surface area (Å²) in [5.74, 6) is -2.51. The van der Waals surface area contributed by atoms with Gasteiger partial charge in [0.15, 0.2) is 0 Å². The Morgan fingerprint density at radius 2 is 1.81 bits per heavy atom. The highest BCUT2D eigenvalue weighted by Gasteiger charge is 2.42. The summed E-state index contributed by atoms with van der Waals surface area (Å²) >= 11 is 0. The Morgan fingerprint density at radius 3 is 2.48 bits per heavy atom. The Balaban J connectivity index is 1.64. The van der Waals surface area contributed by atoms with Crippen LogP contribution in [-0.2, 0) is 35.0 Å². The second kappa shape index (κ2) is 15.8. The van der Waals surface area contributed by atoms with Crippen LogP contribution in [0.25, 0.3) is 0 Å². The van der Waals surface area contributed by atoms with Gasteiger partial charge >= 0.3 is 11.9 Å². The fourth-order valence-corrected chi connectivity index (χ4v) is 4.78. The number of benzene rings is 2. The van der Waals surface area contributed by atoms with E-state index in [0.717, 1.165) is 18.4 Å². The Morgan fingerprint density at radius 1 is 1.07 bits per heavy atom. The van der Waals surface area contributed by atoms with E-state index < -0.39 is 28.7 Å². The van der Waals surface area contributed by atoms with Gasteiger partial charge in [0, 0.05) is 36.1 Å². The summed E-state index contributed by atoms with van der Waals surface area (Å²) in [7, 11) is 1.24. The van der Waals surface area contributed by atoms with E-state index in [1.165, 1.54) is 25.3 Å². The second-order valence-corrected chi connectivity index (χ2v) is 9.92. The third-order valence-electron chi connectivity index (χ3n) is 6.76. The van der Waals surface area contributed by atoms with Crippen molar-refractivity contribution in [3.8, 4) is 5.75 Å². The molecule has 0 aliphatic carbocycles. The van der Waals surface area contributed by atoms with E-state index in [1.807, 2.05) is 38.1 Å². The molecule has 2 aromatic carbocycles. The van der Waals surface area contributed by atoms with E-state index in [9.17, 15) is 19.7 Å². The molecule has 226 valence electrons. The number of ether oxygens (including phenoxy) is 5. The number of esters is 2. The van der Waals surface area contributed by atoms with Crippen molar-refractivity contribution in [1.29, 1.82) is 0 Å². The van der Waals surface area contributed by atoms with E-state index in [2.05, 4.69) is 4.99 Å². The number of carbonyl (C=O) groups is 2. The number of hydrogen-bond donors (Lipinski definition) is 0. The first-order valence-corrected chi connectivity index (χ1v) is 13.8. The maximum atomic E-state index is 13.3. The monoisotopic (exact) mass is 582 g/mol. The molecule has 0 bridgehead atoms. The summed E-state index contributed by atoms with van der Waals surface area (Å²) in [6.07, 6.45) is 1.67. The molecule has 11 heteroatoms. The molecule has 1 heterocycles. The lowest BCUT2D eigenvalue weighted by molar-refractivity contribution is -0.384. The number of nitro benzene ring substituents is 1. The molecule has 0 aromatic heterocycles. The van der Waals surface area contributed by atoms with Crippen LogP contribution >= 0.6 is 0 Å². The Kier molecular flexibility index (Phi) is 12.2. The number of aliphatic imine (C=N–C) groups is 1. The number of nitro groups is 1. The maximum Gasteiger partial charge on any atom is 0.336 e. The lowest BCUT2D eigenvalue weighted by Gasteiger charge is -2.31. The van der Waals surface area contributed by atoms with Crippen molar-refractivity contribution < 1.29 is 38.2 Å². The van der Waals surface area contributed by atoms with Gasteiger partial charge in [-0.25, -0.2) is 4.79 Å². The van der Waals surface area contributed by atoms with E-state index in [4.69, 9.17) is 23.7 Å². The minimum absolute atomic E-state index is 0.00309. The van der Waals surface area contributed by atoms with Crippen molar-refractivity contribution >= 4 is 23.3 Å². The minimum Gasteiger partial charge on any atom is -0.490 e. The van der Waals surface area contributed by atoms with Crippen LogP contribution in [-0.4, -0.2) is 62.4 Å². The van der Waals surface area contributed by atoms with Crippen LogP contribution in [0, 0.1) is 16.0 Å². The van der Waals surface area contributed by atoms with E-state index in [0.29, 0.717) is 29.3 Å². The molecule has 1 aliphatic heterocycles. The van der Waals surface area contributed by atoms with Gasteiger partial charge in [0.25, 0.3) is 5.69 Å². The van der Waals surface area contributed by atoms with Crippen LogP contribution in [0.2, 0.25) is 0 Å². The average molecular weight is 583 g/mol. The highest BCUT2D eigenvalue weighted by atomic mass is 16.7. The molecule has 2 unspecified atom stereocenters. The molecular weight excluding hydrogens is 544 g/mol. The molecule has 0 fully saturated rings. The van der Waals surface area contributed by atoms with E-state index >= 15 is 0 Å². The molecule has 0 N–H and O–H groups in total. The molecule has 0 amide bonds. The molecular formula is C31H38N2O9. The number of nitrogens with zero attached hydrogens (tertiary/aromatic N) is 2. The predicted molar refractivity (Wildman–Crippen MR) is 155 cm³/mol. The van der Waals surface area contributed by atoms with Crippen LogP contribution in [0.4, 0.5) is 5.69 Å². The molecule has 11 nitrogen and oxygen atoms in total. The zero-order valence-electron chi connectivity index (χ0n) is 24.7. The Hall–Kier alpha value is -4.09. The molecule has 1 aliphatic rings. The molecule has 0 saturated heterocycles. The van der Waals surface area contributed by atoms with Crippen LogP contribution in [0.1, 0.15) is 51.2 Å². The first-order chi connectivity index (χ1) is 20.2. The SMILES string of the molecule is CCCOCO[C@@H](C)Cc1ccc(OCCOC(=O)C2=C(C)N=C(C)C(C(=O)OC)C2c2cccc([N+](=O)[O-])c2)cc1. The van der Waals surface area contributed by atoms with Crippen LogP contribution < -0.4 is 4.74 Å². The second-order valence-electron chi connectivity index (χ2n) is 9.92. The summed E-state index contributed by atoms with van der Waals surface area (Å²) in [4.78, 5) is 41.4. The highest BCUT2D eigenvalue weighted by Crippen LogP contribution is 2.40. The molecule has 2 aromatic rings. The summed E-state index contributed by atoms with van der Waals surface area (Å²) in [5.41, 5.74) is 2.26. The van der Waals surface area contributed by atoms with Crippen molar-refractivity contribution in [3.63, 3.8) is 0 Å². The third kappa shape index (κ3) is 8.70. The van der Waals surface area contributed by atoms with Crippen molar-refractivity contribution in [1.82, 2.24) is 0 Å². The average Bonchev–Trinajstić information content (AvgIpc) is 2.97. The quantitative estimate of drug-likeness (QED) is 0.0916. The summed E-state index contributed by atoms with van der Waals surface area (Å²) in [5, 5.41) is 11.4. The van der Waals surface area contributed by atoms with Crippen LogP contribution in [0.5, 0.6) is 5.75 Å². The summed E-state index contributed by atoms with van der Waals surface area (Å²) in [6.45, 7) is 8.30.